The third-order valence-corrected chi connectivity index (χ3v) is 14.4. The Morgan fingerprint density at radius 1 is 0.875 bits per heavy atom. The molecule has 3 aromatic heterocycles. The van der Waals surface area contributed by atoms with E-state index in [0.717, 1.165) is 39.4 Å². The number of aromatic nitrogens is 4. The fraction of sp³-hybridized carbons (Fsp3) is 0.519. The third kappa shape index (κ3) is 9.58. The number of rotatable bonds is 13. The zero-order chi connectivity index (χ0) is 50.9. The summed E-state index contributed by atoms with van der Waals surface area (Å²) in [7, 11) is 3.04. The number of methoxy groups -OCH3 is 2. The van der Waals surface area contributed by atoms with Crippen LogP contribution in [-0.4, -0.2) is 126 Å². The van der Waals surface area contributed by atoms with E-state index in [2.05, 4.69) is 19.9 Å². The standard InChI is InChI=1S/C52H59F5N8O7/c1-29-39(52(55,56)57)37(40(53)46(58-29)63(24-31-8-13-34(67-6)14-9-31)25-32-10-15-35(68-7)16-11-32)42-41(54)43-38-45(61-48(60-43)70-28-51(18-19-51)27-62-20-22-69-23-21-62)64-26-33-12-17-36(44(64)30(2)71-47(38)59-42)65(33)49(66)72-50(3,4)5/h8-11,13-16,30,33,36,44H,12,17-28H2,1-7H3/t30-,33+,36-,44+/m0/s1. The number of alkyl halides is 3. The molecule has 7 heterocycles. The van der Waals surface area contributed by atoms with Crippen LogP contribution in [0, 0.1) is 24.0 Å². The number of anilines is 2. The highest BCUT2D eigenvalue weighted by Crippen LogP contribution is 2.51. The summed E-state index contributed by atoms with van der Waals surface area (Å²) >= 11 is 0. The molecule has 2 aromatic carbocycles. The molecule has 15 nitrogen and oxygen atoms in total. The van der Waals surface area contributed by atoms with Gasteiger partial charge < -0.3 is 38.2 Å². The summed E-state index contributed by atoms with van der Waals surface area (Å²) in [4.78, 5) is 39.7. The van der Waals surface area contributed by atoms with E-state index in [-0.39, 0.29) is 60.8 Å². The van der Waals surface area contributed by atoms with Crippen LogP contribution in [0.5, 0.6) is 23.4 Å². The van der Waals surface area contributed by atoms with E-state index in [9.17, 15) is 4.79 Å². The van der Waals surface area contributed by atoms with Crippen molar-refractivity contribution in [3.8, 4) is 34.6 Å². The maximum Gasteiger partial charge on any atom is 0.418 e. The van der Waals surface area contributed by atoms with Crippen LogP contribution in [-0.2, 0) is 28.7 Å². The van der Waals surface area contributed by atoms with Gasteiger partial charge in [0.05, 0.1) is 69.0 Å². The van der Waals surface area contributed by atoms with Crippen molar-refractivity contribution in [3.63, 3.8) is 0 Å². The van der Waals surface area contributed by atoms with Crippen molar-refractivity contribution in [1.29, 1.82) is 0 Å². The molecule has 2 bridgehead atoms. The van der Waals surface area contributed by atoms with Gasteiger partial charge in [-0.05, 0) is 95.7 Å². The molecular weight excluding hydrogens is 944 g/mol. The molecule has 1 saturated carbocycles. The van der Waals surface area contributed by atoms with Crippen molar-refractivity contribution in [1.82, 2.24) is 29.7 Å². The predicted octanol–water partition coefficient (Wildman–Crippen LogP) is 9.15. The van der Waals surface area contributed by atoms with E-state index >= 15 is 22.0 Å². The Morgan fingerprint density at radius 3 is 2.10 bits per heavy atom. The van der Waals surface area contributed by atoms with E-state index < -0.39 is 81.5 Å². The van der Waals surface area contributed by atoms with Gasteiger partial charge in [-0.1, -0.05) is 24.3 Å². The van der Waals surface area contributed by atoms with Gasteiger partial charge in [-0.25, -0.2) is 23.5 Å². The predicted molar refractivity (Wildman–Crippen MR) is 257 cm³/mol. The summed E-state index contributed by atoms with van der Waals surface area (Å²) < 4.78 is 118. The summed E-state index contributed by atoms with van der Waals surface area (Å²) in [6.07, 6.45) is -3.58. The number of piperazine rings is 1. The van der Waals surface area contributed by atoms with Gasteiger partial charge in [0.1, 0.15) is 45.6 Å². The second-order valence-corrected chi connectivity index (χ2v) is 20.6. The lowest BCUT2D eigenvalue weighted by atomic mass is 9.98. The van der Waals surface area contributed by atoms with Crippen molar-refractivity contribution in [2.75, 3.05) is 70.0 Å². The molecule has 3 saturated heterocycles. The smallest absolute Gasteiger partial charge is 0.418 e. The van der Waals surface area contributed by atoms with Crippen molar-refractivity contribution < 1.29 is 55.2 Å². The minimum atomic E-state index is -5.23. The largest absolute Gasteiger partial charge is 0.497 e. The molecule has 5 aliphatic rings. The summed E-state index contributed by atoms with van der Waals surface area (Å²) in [6.45, 7) is 12.2. The Hall–Kier alpha value is -6.28. The van der Waals surface area contributed by atoms with Crippen LogP contribution in [0.1, 0.15) is 75.8 Å². The Morgan fingerprint density at radius 2 is 1.51 bits per heavy atom. The number of carbonyl (C=O) groups is 1. The van der Waals surface area contributed by atoms with E-state index in [0.29, 0.717) is 48.7 Å². The number of aryl methyl sites for hydroxylation is 1. The Balaban J connectivity index is 1.13. The first kappa shape index (κ1) is 49.3. The highest BCUT2D eigenvalue weighted by atomic mass is 19.4. The van der Waals surface area contributed by atoms with Crippen LogP contribution in [0.25, 0.3) is 22.2 Å². The summed E-state index contributed by atoms with van der Waals surface area (Å²) in [5, 5.41) is -0.0156. The second-order valence-electron chi connectivity index (χ2n) is 20.6. The molecule has 4 fully saturated rings. The fourth-order valence-corrected chi connectivity index (χ4v) is 10.8. The zero-order valence-electron chi connectivity index (χ0n) is 41.4. The highest BCUT2D eigenvalue weighted by molar-refractivity contribution is 5.98. The molecule has 20 heteroatoms. The number of carbonyl (C=O) groups excluding carboxylic acids is 1. The molecule has 5 aromatic rings. The Kier molecular flexibility index (Phi) is 13.0. The van der Waals surface area contributed by atoms with E-state index in [1.165, 1.54) is 19.1 Å². The first-order chi connectivity index (χ1) is 34.3. The number of hydrogen-bond donors (Lipinski definition) is 0. The topological polar surface area (TPSA) is 137 Å². The quantitative estimate of drug-likeness (QED) is 0.104. The summed E-state index contributed by atoms with van der Waals surface area (Å²) in [5.74, 6) is -2.24. The van der Waals surface area contributed by atoms with Gasteiger partial charge in [0.2, 0.25) is 5.88 Å². The van der Waals surface area contributed by atoms with Gasteiger partial charge >= 0.3 is 18.3 Å². The maximum absolute atomic E-state index is 18.1. The molecule has 1 aliphatic carbocycles. The minimum absolute atomic E-state index is 0.0156. The first-order valence-corrected chi connectivity index (χ1v) is 24.4. The lowest BCUT2D eigenvalue weighted by molar-refractivity contribution is -0.138. The molecular formula is C52H59F5N8O7. The molecule has 4 aliphatic heterocycles. The number of fused-ring (bicyclic) bond motifs is 5. The number of nitrogens with zero attached hydrogens (tertiary/aromatic N) is 8. The zero-order valence-corrected chi connectivity index (χ0v) is 41.4. The number of amides is 1. The highest BCUT2D eigenvalue weighted by Gasteiger charge is 2.54. The Bertz CT molecular complexity index is 2790. The molecule has 4 atom stereocenters. The third-order valence-electron chi connectivity index (χ3n) is 14.4. The number of ether oxygens (including phenoxy) is 6. The lowest BCUT2D eigenvalue weighted by Gasteiger charge is -2.48. The van der Waals surface area contributed by atoms with Crippen molar-refractivity contribution in [2.24, 2.45) is 5.41 Å². The SMILES string of the molecule is COc1ccc(CN(Cc2ccc(OC)cc2)c2nc(C)c(C(F)(F)F)c(-c3nc4c5c(nc(OCC6(CN7CCOCC7)CC6)nc5c3F)N3C[C@H]5CC[C@@H]([C@H]3[C@H](C)O4)N5C(=O)OC(C)(C)C)c2F)cc1. The monoisotopic (exact) mass is 1000 g/mol. The molecule has 72 heavy (non-hydrogen) atoms. The molecule has 0 spiro atoms. The molecule has 0 unspecified atom stereocenters. The molecule has 1 amide bonds. The van der Waals surface area contributed by atoms with Crippen LogP contribution >= 0.6 is 0 Å². The fourth-order valence-electron chi connectivity index (χ4n) is 10.8. The minimum Gasteiger partial charge on any atom is -0.497 e. The number of pyridine rings is 2. The van der Waals surface area contributed by atoms with Crippen LogP contribution in [0.3, 0.4) is 0 Å². The summed E-state index contributed by atoms with van der Waals surface area (Å²) in [5.41, 5.74) is -4.40. The van der Waals surface area contributed by atoms with E-state index in [1.54, 1.807) is 81.1 Å². The van der Waals surface area contributed by atoms with Gasteiger partial charge in [0.25, 0.3) is 0 Å². The number of halogens is 5. The van der Waals surface area contributed by atoms with Gasteiger partial charge in [-0.15, -0.1) is 0 Å². The van der Waals surface area contributed by atoms with Crippen LogP contribution in [0.4, 0.5) is 38.4 Å². The van der Waals surface area contributed by atoms with Crippen molar-refractivity contribution in [3.05, 3.63) is 82.5 Å². The Labute approximate surface area is 414 Å². The number of hydrogen-bond acceptors (Lipinski definition) is 14. The van der Waals surface area contributed by atoms with Crippen LogP contribution in [0.2, 0.25) is 0 Å². The van der Waals surface area contributed by atoms with Crippen molar-refractivity contribution >= 4 is 28.6 Å². The molecule has 384 valence electrons. The van der Waals surface area contributed by atoms with Gasteiger partial charge in [-0.2, -0.15) is 23.1 Å². The first-order valence-electron chi connectivity index (χ1n) is 24.4. The average Bonchev–Trinajstić information content (AvgIpc) is 4.06. The molecule has 0 radical (unpaired) electrons. The number of morpholine rings is 1. The van der Waals surface area contributed by atoms with E-state index in [1.807, 2.05) is 4.90 Å². The van der Waals surface area contributed by atoms with Crippen LogP contribution < -0.4 is 28.7 Å². The van der Waals surface area contributed by atoms with Gasteiger partial charge in [-0.3, -0.25) is 9.80 Å². The summed E-state index contributed by atoms with van der Waals surface area (Å²) in [6, 6.07) is 12.3. The maximum atomic E-state index is 18.1. The van der Waals surface area contributed by atoms with E-state index in [4.69, 9.17) is 33.4 Å². The van der Waals surface area contributed by atoms with Crippen LogP contribution in [0.15, 0.2) is 48.5 Å². The van der Waals surface area contributed by atoms with Crippen molar-refractivity contribution in [2.45, 2.75) is 109 Å². The van der Waals surface area contributed by atoms with Gasteiger partial charge in [0.15, 0.2) is 17.5 Å². The molecule has 10 rings (SSSR count). The number of benzene rings is 2. The molecule has 0 N–H and O–H groups in total. The lowest BCUT2D eigenvalue weighted by Crippen LogP contribution is -2.65. The normalized spacial score (nSPS) is 21.4. The van der Waals surface area contributed by atoms with Gasteiger partial charge in [0, 0.05) is 44.7 Å². The second kappa shape index (κ2) is 19.0. The average molecular weight is 1000 g/mol.